The van der Waals surface area contributed by atoms with E-state index in [0.717, 1.165) is 41.7 Å². The highest BCUT2D eigenvalue weighted by atomic mass is 16.5. The molecule has 1 saturated heterocycles. The first-order valence-corrected chi connectivity index (χ1v) is 9.29. The van der Waals surface area contributed by atoms with Crippen LogP contribution in [0.2, 0.25) is 0 Å². The Morgan fingerprint density at radius 3 is 2.96 bits per heavy atom. The maximum absolute atomic E-state index is 12.4. The molecule has 1 aliphatic heterocycles. The molecule has 3 aromatic rings. The van der Waals surface area contributed by atoms with Crippen LogP contribution in [0.25, 0.3) is 10.9 Å². The second-order valence-electron chi connectivity index (χ2n) is 6.99. The Labute approximate surface area is 158 Å². The molecule has 1 unspecified atom stereocenters. The van der Waals surface area contributed by atoms with Crippen LogP contribution >= 0.6 is 0 Å². The molecular formula is C22H24N2O3. The lowest BCUT2D eigenvalue weighted by atomic mass is 10.1. The van der Waals surface area contributed by atoms with Crippen LogP contribution in [-0.4, -0.2) is 42.8 Å². The average Bonchev–Trinajstić information content (AvgIpc) is 2.69. The van der Waals surface area contributed by atoms with Crippen molar-refractivity contribution in [2.45, 2.75) is 19.1 Å². The van der Waals surface area contributed by atoms with E-state index in [1.807, 2.05) is 42.5 Å². The lowest BCUT2D eigenvalue weighted by Gasteiger charge is -2.33. The number of para-hydroxylation sites is 1. The van der Waals surface area contributed by atoms with E-state index in [2.05, 4.69) is 22.0 Å². The van der Waals surface area contributed by atoms with Crippen LogP contribution in [0.4, 0.5) is 0 Å². The number of nitrogens with zero attached hydrogens (tertiary/aromatic N) is 1. The molecule has 1 atom stereocenters. The van der Waals surface area contributed by atoms with Gasteiger partial charge in [-0.25, -0.2) is 0 Å². The molecule has 0 radical (unpaired) electrons. The van der Waals surface area contributed by atoms with E-state index < -0.39 is 0 Å². The van der Waals surface area contributed by atoms with Crippen molar-refractivity contribution in [3.8, 4) is 5.75 Å². The van der Waals surface area contributed by atoms with Crippen LogP contribution < -0.4 is 10.3 Å². The van der Waals surface area contributed by atoms with Gasteiger partial charge in [0.1, 0.15) is 5.75 Å². The number of hydrogen-bond acceptors (Lipinski definition) is 4. The predicted molar refractivity (Wildman–Crippen MR) is 106 cm³/mol. The maximum Gasteiger partial charge on any atom is 0.252 e. The molecule has 1 aliphatic rings. The largest absolute Gasteiger partial charge is 0.497 e. The first kappa shape index (κ1) is 17.8. The molecule has 0 bridgehead atoms. The third-order valence-corrected chi connectivity index (χ3v) is 5.04. The molecule has 140 valence electrons. The lowest BCUT2D eigenvalue weighted by Crippen LogP contribution is -2.43. The molecule has 0 spiro atoms. The summed E-state index contributed by atoms with van der Waals surface area (Å²) in [7, 11) is 1.68. The first-order valence-electron chi connectivity index (χ1n) is 9.29. The third kappa shape index (κ3) is 4.21. The molecule has 2 heterocycles. The highest BCUT2D eigenvalue weighted by Gasteiger charge is 2.22. The molecular weight excluding hydrogens is 340 g/mol. The average molecular weight is 364 g/mol. The van der Waals surface area contributed by atoms with Gasteiger partial charge in [0.15, 0.2) is 0 Å². The molecule has 0 amide bonds. The number of fused-ring (bicyclic) bond motifs is 1. The van der Waals surface area contributed by atoms with Gasteiger partial charge in [0, 0.05) is 37.1 Å². The minimum absolute atomic E-state index is 0.00969. The number of methoxy groups -OCH3 is 1. The Morgan fingerprint density at radius 1 is 1.19 bits per heavy atom. The summed E-state index contributed by atoms with van der Waals surface area (Å²) in [6.07, 6.45) is 0.951. The fraction of sp³-hybridized carbons (Fsp3) is 0.318. The molecule has 0 saturated carbocycles. The number of aromatic amines is 1. The Balaban J connectivity index is 1.45. The minimum Gasteiger partial charge on any atom is -0.497 e. The number of benzene rings is 2. The van der Waals surface area contributed by atoms with Gasteiger partial charge in [-0.3, -0.25) is 9.69 Å². The molecule has 5 heteroatoms. The Hall–Kier alpha value is -2.63. The summed E-state index contributed by atoms with van der Waals surface area (Å²) in [5, 5.41) is 1.06. The number of morpholine rings is 1. The smallest absolute Gasteiger partial charge is 0.252 e. The summed E-state index contributed by atoms with van der Waals surface area (Å²) in [6.45, 7) is 2.96. The highest BCUT2D eigenvalue weighted by molar-refractivity contribution is 5.78. The van der Waals surface area contributed by atoms with E-state index in [1.54, 1.807) is 7.11 Å². The van der Waals surface area contributed by atoms with E-state index in [0.29, 0.717) is 13.2 Å². The summed E-state index contributed by atoms with van der Waals surface area (Å²) in [4.78, 5) is 17.7. The number of rotatable bonds is 5. The van der Waals surface area contributed by atoms with Crippen LogP contribution in [0.15, 0.2) is 59.4 Å². The van der Waals surface area contributed by atoms with Crippen LogP contribution in [-0.2, 0) is 17.7 Å². The van der Waals surface area contributed by atoms with E-state index in [-0.39, 0.29) is 11.7 Å². The molecule has 1 aromatic heterocycles. The lowest BCUT2D eigenvalue weighted by molar-refractivity contribution is -0.0306. The number of nitrogens with one attached hydrogen (secondary N) is 1. The van der Waals surface area contributed by atoms with Crippen molar-refractivity contribution >= 4 is 10.9 Å². The molecule has 1 N–H and O–H groups in total. The minimum atomic E-state index is -0.00969. The van der Waals surface area contributed by atoms with Crippen molar-refractivity contribution in [3.63, 3.8) is 0 Å². The Bertz CT molecular complexity index is 982. The molecule has 1 fully saturated rings. The molecule has 5 nitrogen and oxygen atoms in total. The van der Waals surface area contributed by atoms with Gasteiger partial charge in [-0.1, -0.05) is 30.3 Å². The fourth-order valence-corrected chi connectivity index (χ4v) is 3.66. The summed E-state index contributed by atoms with van der Waals surface area (Å²) in [5.74, 6) is 0.864. The zero-order valence-corrected chi connectivity index (χ0v) is 15.5. The van der Waals surface area contributed by atoms with Crippen molar-refractivity contribution in [3.05, 3.63) is 76.1 Å². The Kier molecular flexibility index (Phi) is 5.23. The quantitative estimate of drug-likeness (QED) is 0.756. The Morgan fingerprint density at radius 2 is 2.07 bits per heavy atom. The van der Waals surface area contributed by atoms with E-state index in [9.17, 15) is 4.79 Å². The van der Waals surface area contributed by atoms with Crippen LogP contribution in [0.1, 0.15) is 11.1 Å². The van der Waals surface area contributed by atoms with Gasteiger partial charge >= 0.3 is 0 Å². The fourth-order valence-electron chi connectivity index (χ4n) is 3.66. The standard InChI is InChI=1S/C22H24N2O3/c1-26-19-7-4-5-16(11-19)12-20-15-24(9-10-27-20)14-18-13-17-6-2-3-8-21(17)23-22(18)25/h2-8,11,13,20H,9-10,12,14-15H2,1H3,(H,23,25). The van der Waals surface area contributed by atoms with Gasteiger partial charge < -0.3 is 14.5 Å². The third-order valence-electron chi connectivity index (χ3n) is 5.04. The number of pyridine rings is 1. The van der Waals surface area contributed by atoms with Gasteiger partial charge in [-0.15, -0.1) is 0 Å². The maximum atomic E-state index is 12.4. The summed E-state index contributed by atoms with van der Waals surface area (Å²) in [6, 6.07) is 18.0. The summed E-state index contributed by atoms with van der Waals surface area (Å²) < 4.78 is 11.3. The van der Waals surface area contributed by atoms with Gasteiger partial charge in [-0.05, 0) is 35.2 Å². The van der Waals surface area contributed by atoms with Gasteiger partial charge in [-0.2, -0.15) is 0 Å². The van der Waals surface area contributed by atoms with Gasteiger partial charge in [0.2, 0.25) is 0 Å². The number of ether oxygens (including phenoxy) is 2. The van der Waals surface area contributed by atoms with Crippen LogP contribution in [0.3, 0.4) is 0 Å². The van der Waals surface area contributed by atoms with E-state index in [1.165, 1.54) is 5.56 Å². The van der Waals surface area contributed by atoms with Crippen molar-refractivity contribution in [2.75, 3.05) is 26.8 Å². The second kappa shape index (κ2) is 7.94. The SMILES string of the molecule is COc1cccc(CC2CN(Cc3cc4ccccc4[nH]c3=O)CCO2)c1. The zero-order valence-electron chi connectivity index (χ0n) is 15.5. The van der Waals surface area contributed by atoms with Crippen LogP contribution in [0.5, 0.6) is 5.75 Å². The second-order valence-corrected chi connectivity index (χ2v) is 6.99. The van der Waals surface area contributed by atoms with Crippen LogP contribution in [0, 0.1) is 0 Å². The van der Waals surface area contributed by atoms with Gasteiger partial charge in [0.05, 0.1) is 19.8 Å². The van der Waals surface area contributed by atoms with Gasteiger partial charge in [0.25, 0.3) is 5.56 Å². The highest BCUT2D eigenvalue weighted by Crippen LogP contribution is 2.18. The normalized spacial score (nSPS) is 17.9. The predicted octanol–water partition coefficient (Wildman–Crippen LogP) is 2.98. The topological polar surface area (TPSA) is 54.6 Å². The summed E-state index contributed by atoms with van der Waals surface area (Å²) >= 11 is 0. The van der Waals surface area contributed by atoms with E-state index >= 15 is 0 Å². The monoisotopic (exact) mass is 364 g/mol. The summed E-state index contributed by atoms with van der Waals surface area (Å²) in [5.41, 5.74) is 2.87. The van der Waals surface area contributed by atoms with Crippen molar-refractivity contribution in [1.82, 2.24) is 9.88 Å². The number of H-pyrrole nitrogens is 1. The molecule has 4 rings (SSSR count). The van der Waals surface area contributed by atoms with Crippen molar-refractivity contribution in [1.29, 1.82) is 0 Å². The van der Waals surface area contributed by atoms with Crippen molar-refractivity contribution < 1.29 is 9.47 Å². The van der Waals surface area contributed by atoms with E-state index in [4.69, 9.17) is 9.47 Å². The first-order chi connectivity index (χ1) is 13.2. The molecule has 2 aromatic carbocycles. The van der Waals surface area contributed by atoms with Crippen molar-refractivity contribution in [2.24, 2.45) is 0 Å². The number of aromatic nitrogens is 1. The molecule has 0 aliphatic carbocycles. The molecule has 27 heavy (non-hydrogen) atoms. The zero-order chi connectivity index (χ0) is 18.6. The number of hydrogen-bond donors (Lipinski definition) is 1.